The van der Waals surface area contributed by atoms with Crippen LogP contribution in [0.4, 0.5) is 17.6 Å². The molecule has 9 heteroatoms. The lowest BCUT2D eigenvalue weighted by Crippen LogP contribution is -2.24. The van der Waals surface area contributed by atoms with Crippen LogP contribution in [0.25, 0.3) is 0 Å². The van der Waals surface area contributed by atoms with E-state index in [0.29, 0.717) is 6.07 Å². The molecule has 18 heavy (non-hydrogen) atoms. The van der Waals surface area contributed by atoms with Crippen LogP contribution >= 0.6 is 0 Å². The number of halogens is 4. The number of aliphatic carboxylic acids is 1. The molecule has 0 saturated carbocycles. The Bertz CT molecular complexity index is 508. The standard InChI is InChI=1S/C9H7F4NO4/c10-3-4-1-6(18-9(11,12)13)5(2-7(15)16)8(17)14-4/h1H,2-3H2,(H,14,17)(H,15,16). The highest BCUT2D eigenvalue weighted by Gasteiger charge is 2.33. The van der Waals surface area contributed by atoms with E-state index in [9.17, 15) is 27.2 Å². The number of pyridine rings is 1. The molecular formula is C9H7F4NO4. The van der Waals surface area contributed by atoms with E-state index in [4.69, 9.17) is 5.11 Å². The Balaban J connectivity index is 3.29. The number of hydrogen-bond acceptors (Lipinski definition) is 3. The van der Waals surface area contributed by atoms with Crippen LogP contribution in [0, 0.1) is 0 Å². The van der Waals surface area contributed by atoms with Crippen LogP contribution in [0.5, 0.6) is 5.75 Å². The summed E-state index contributed by atoms with van der Waals surface area (Å²) in [5.74, 6) is -2.53. The fourth-order valence-corrected chi connectivity index (χ4v) is 1.22. The highest BCUT2D eigenvalue weighted by molar-refractivity contribution is 5.71. The van der Waals surface area contributed by atoms with E-state index in [1.165, 1.54) is 0 Å². The molecule has 0 saturated heterocycles. The third kappa shape index (κ3) is 3.75. The van der Waals surface area contributed by atoms with Crippen molar-refractivity contribution in [3.8, 4) is 5.75 Å². The number of carboxylic acid groups (broad SMARTS) is 1. The number of rotatable bonds is 4. The van der Waals surface area contributed by atoms with E-state index in [1.54, 1.807) is 0 Å². The van der Waals surface area contributed by atoms with Crippen LogP contribution < -0.4 is 10.3 Å². The molecule has 0 radical (unpaired) electrons. The molecule has 0 spiro atoms. The molecule has 0 unspecified atom stereocenters. The molecule has 0 aliphatic heterocycles. The van der Waals surface area contributed by atoms with Crippen molar-refractivity contribution in [3.63, 3.8) is 0 Å². The molecule has 0 aliphatic rings. The van der Waals surface area contributed by atoms with Crippen LogP contribution in [0.15, 0.2) is 10.9 Å². The number of alkyl halides is 4. The van der Waals surface area contributed by atoms with Crippen LogP contribution in [-0.4, -0.2) is 22.4 Å². The Hall–Kier alpha value is -2.06. The molecule has 1 aromatic rings. The summed E-state index contributed by atoms with van der Waals surface area (Å²) in [7, 11) is 0. The Kier molecular flexibility index (Phi) is 3.94. The minimum absolute atomic E-state index is 0.437. The second kappa shape index (κ2) is 5.07. The average molecular weight is 269 g/mol. The van der Waals surface area contributed by atoms with E-state index in [2.05, 4.69) is 4.74 Å². The normalized spacial score (nSPS) is 11.3. The topological polar surface area (TPSA) is 79.4 Å². The summed E-state index contributed by atoms with van der Waals surface area (Å²) in [5.41, 5.74) is -2.29. The van der Waals surface area contributed by atoms with E-state index >= 15 is 0 Å². The molecule has 0 atom stereocenters. The van der Waals surface area contributed by atoms with Gasteiger partial charge in [0.15, 0.2) is 0 Å². The molecule has 2 N–H and O–H groups in total. The lowest BCUT2D eigenvalue weighted by atomic mass is 10.1. The SMILES string of the molecule is O=C(O)Cc1c(OC(F)(F)F)cc(CF)[nH]c1=O. The van der Waals surface area contributed by atoms with Crippen LogP contribution in [0.2, 0.25) is 0 Å². The van der Waals surface area contributed by atoms with E-state index < -0.39 is 48.0 Å². The Morgan fingerprint density at radius 3 is 2.50 bits per heavy atom. The van der Waals surface area contributed by atoms with E-state index in [1.807, 2.05) is 4.98 Å². The molecular weight excluding hydrogens is 262 g/mol. The van der Waals surface area contributed by atoms with Gasteiger partial charge in [-0.3, -0.25) is 9.59 Å². The molecule has 1 aromatic heterocycles. The van der Waals surface area contributed by atoms with Crippen LogP contribution in [-0.2, 0) is 17.9 Å². The van der Waals surface area contributed by atoms with Gasteiger partial charge in [-0.2, -0.15) is 0 Å². The number of aromatic amines is 1. The lowest BCUT2D eigenvalue weighted by molar-refractivity contribution is -0.275. The number of hydrogen-bond donors (Lipinski definition) is 2. The van der Waals surface area contributed by atoms with Gasteiger partial charge in [-0.15, -0.1) is 13.2 Å². The molecule has 100 valence electrons. The summed E-state index contributed by atoms with van der Waals surface area (Å²) >= 11 is 0. The zero-order chi connectivity index (χ0) is 13.9. The number of carbonyl (C=O) groups is 1. The van der Waals surface area contributed by atoms with Gasteiger partial charge in [-0.25, -0.2) is 4.39 Å². The molecule has 0 aliphatic carbocycles. The highest BCUT2D eigenvalue weighted by atomic mass is 19.4. The smallest absolute Gasteiger partial charge is 0.481 e. The fraction of sp³-hybridized carbons (Fsp3) is 0.333. The summed E-state index contributed by atoms with van der Waals surface area (Å²) in [6, 6.07) is 0.604. The lowest BCUT2D eigenvalue weighted by Gasteiger charge is -2.12. The molecule has 1 heterocycles. The van der Waals surface area contributed by atoms with Gasteiger partial charge in [0.2, 0.25) is 0 Å². The van der Waals surface area contributed by atoms with E-state index in [-0.39, 0.29) is 0 Å². The molecule has 0 aromatic carbocycles. The van der Waals surface area contributed by atoms with Crippen molar-refractivity contribution in [2.75, 3.05) is 0 Å². The predicted molar refractivity (Wildman–Crippen MR) is 49.9 cm³/mol. The summed E-state index contributed by atoms with van der Waals surface area (Å²) in [5, 5.41) is 8.48. The largest absolute Gasteiger partial charge is 0.573 e. The van der Waals surface area contributed by atoms with Crippen LogP contribution in [0.3, 0.4) is 0 Å². The van der Waals surface area contributed by atoms with Gasteiger partial charge in [0.1, 0.15) is 12.4 Å². The van der Waals surface area contributed by atoms with Crippen molar-refractivity contribution in [2.24, 2.45) is 0 Å². The Morgan fingerprint density at radius 1 is 1.44 bits per heavy atom. The molecule has 0 amide bonds. The van der Waals surface area contributed by atoms with Gasteiger partial charge in [0, 0.05) is 6.07 Å². The predicted octanol–water partition coefficient (Wildman–Crippen LogP) is 1.37. The van der Waals surface area contributed by atoms with Crippen molar-refractivity contribution in [1.29, 1.82) is 0 Å². The minimum atomic E-state index is -5.10. The van der Waals surface area contributed by atoms with Crippen LogP contribution in [0.1, 0.15) is 11.3 Å². The first kappa shape index (κ1) is 14.0. The summed E-state index contributed by atoms with van der Waals surface area (Å²) in [6.45, 7) is -1.21. The van der Waals surface area contributed by atoms with Gasteiger partial charge >= 0.3 is 12.3 Å². The first-order chi connectivity index (χ1) is 8.23. The maximum atomic E-state index is 12.3. The highest BCUT2D eigenvalue weighted by Crippen LogP contribution is 2.25. The third-order valence-electron chi connectivity index (χ3n) is 1.85. The molecule has 5 nitrogen and oxygen atoms in total. The van der Waals surface area contributed by atoms with Gasteiger partial charge in [-0.05, 0) is 0 Å². The minimum Gasteiger partial charge on any atom is -0.481 e. The monoisotopic (exact) mass is 269 g/mol. The first-order valence-corrected chi connectivity index (χ1v) is 4.51. The number of nitrogens with one attached hydrogen (secondary N) is 1. The first-order valence-electron chi connectivity index (χ1n) is 4.51. The van der Waals surface area contributed by atoms with Crippen molar-refractivity contribution in [1.82, 2.24) is 4.98 Å². The molecule has 1 rings (SSSR count). The molecule has 0 fully saturated rings. The fourth-order valence-electron chi connectivity index (χ4n) is 1.22. The second-order valence-electron chi connectivity index (χ2n) is 3.22. The summed E-state index contributed by atoms with van der Waals surface area (Å²) in [6.07, 6.45) is -6.07. The number of H-pyrrole nitrogens is 1. The average Bonchev–Trinajstić information content (AvgIpc) is 2.20. The Labute approximate surface area is 97.0 Å². The Morgan fingerprint density at radius 2 is 2.06 bits per heavy atom. The summed E-state index contributed by atoms with van der Waals surface area (Å²) in [4.78, 5) is 23.7. The van der Waals surface area contributed by atoms with E-state index in [0.717, 1.165) is 0 Å². The zero-order valence-electron chi connectivity index (χ0n) is 8.68. The maximum Gasteiger partial charge on any atom is 0.573 e. The molecule has 0 bridgehead atoms. The van der Waals surface area contributed by atoms with Gasteiger partial charge in [0.25, 0.3) is 5.56 Å². The van der Waals surface area contributed by atoms with Crippen molar-refractivity contribution in [2.45, 2.75) is 19.5 Å². The summed E-state index contributed by atoms with van der Waals surface area (Å²) < 4.78 is 51.9. The van der Waals surface area contributed by atoms with Crippen molar-refractivity contribution < 1.29 is 32.2 Å². The number of aromatic nitrogens is 1. The van der Waals surface area contributed by atoms with Gasteiger partial charge in [0.05, 0.1) is 17.7 Å². The second-order valence-corrected chi connectivity index (χ2v) is 3.22. The zero-order valence-corrected chi connectivity index (χ0v) is 8.68. The third-order valence-corrected chi connectivity index (χ3v) is 1.85. The van der Waals surface area contributed by atoms with Gasteiger partial charge < -0.3 is 14.8 Å². The maximum absolute atomic E-state index is 12.3. The number of carboxylic acids is 1. The number of ether oxygens (including phenoxy) is 1. The van der Waals surface area contributed by atoms with Gasteiger partial charge in [-0.1, -0.05) is 0 Å². The van der Waals surface area contributed by atoms with Crippen molar-refractivity contribution >= 4 is 5.97 Å². The quantitative estimate of drug-likeness (QED) is 0.809. The van der Waals surface area contributed by atoms with Crippen molar-refractivity contribution in [3.05, 3.63) is 27.7 Å².